The smallest absolute Gasteiger partial charge is 0.123 e. The highest BCUT2D eigenvalue weighted by atomic mass is 32.2. The topological polar surface area (TPSA) is 12.0 Å². The molecule has 1 atom stereocenters. The van der Waals surface area contributed by atoms with Gasteiger partial charge in [-0.1, -0.05) is 0 Å². The molecule has 0 amide bonds. The molecule has 14 heavy (non-hydrogen) atoms. The van der Waals surface area contributed by atoms with E-state index in [0.29, 0.717) is 0 Å². The Morgan fingerprint density at radius 1 is 1.36 bits per heavy atom. The quantitative estimate of drug-likeness (QED) is 0.825. The van der Waals surface area contributed by atoms with Gasteiger partial charge in [-0.25, -0.2) is 4.39 Å². The van der Waals surface area contributed by atoms with Crippen LogP contribution in [0.4, 0.5) is 10.1 Å². The Hall–Kier alpha value is -0.700. The van der Waals surface area contributed by atoms with E-state index in [0.717, 1.165) is 18.2 Å². The van der Waals surface area contributed by atoms with Gasteiger partial charge in [0, 0.05) is 12.2 Å². The minimum atomic E-state index is -0.174. The molecule has 0 aliphatic carbocycles. The van der Waals surface area contributed by atoms with Gasteiger partial charge in [0.1, 0.15) is 5.82 Å². The molecule has 0 saturated carbocycles. The third-order valence-electron chi connectivity index (χ3n) is 2.46. The summed E-state index contributed by atoms with van der Waals surface area (Å²) in [5, 5.41) is 3.33. The van der Waals surface area contributed by atoms with Gasteiger partial charge >= 0.3 is 0 Å². The fourth-order valence-corrected chi connectivity index (χ4v) is 2.86. The van der Waals surface area contributed by atoms with Crippen LogP contribution >= 0.6 is 11.8 Å². The van der Waals surface area contributed by atoms with Crippen LogP contribution < -0.4 is 5.32 Å². The second kappa shape index (κ2) is 4.69. The average molecular weight is 211 g/mol. The van der Waals surface area contributed by atoms with Gasteiger partial charge < -0.3 is 5.32 Å². The maximum atomic E-state index is 12.6. The molecule has 1 nitrogen and oxygen atoms in total. The van der Waals surface area contributed by atoms with Gasteiger partial charge in [-0.3, -0.25) is 0 Å². The minimum Gasteiger partial charge on any atom is -0.385 e. The summed E-state index contributed by atoms with van der Waals surface area (Å²) in [5.41, 5.74) is 1.02. The van der Waals surface area contributed by atoms with Gasteiger partial charge in [-0.15, -0.1) is 0 Å². The minimum absolute atomic E-state index is 0.174. The summed E-state index contributed by atoms with van der Waals surface area (Å²) in [6.45, 7) is 1.01. The van der Waals surface area contributed by atoms with Crippen molar-refractivity contribution in [1.29, 1.82) is 0 Å². The first-order valence-electron chi connectivity index (χ1n) is 4.92. The Morgan fingerprint density at radius 3 is 2.79 bits per heavy atom. The zero-order valence-corrected chi connectivity index (χ0v) is 8.82. The lowest BCUT2D eigenvalue weighted by atomic mass is 10.1. The van der Waals surface area contributed by atoms with Crippen LogP contribution in [0.15, 0.2) is 24.3 Å². The van der Waals surface area contributed by atoms with Crippen LogP contribution in [0.3, 0.4) is 0 Å². The normalized spacial score (nSPS) is 21.1. The zero-order chi connectivity index (χ0) is 9.80. The summed E-state index contributed by atoms with van der Waals surface area (Å²) in [4.78, 5) is 0. The summed E-state index contributed by atoms with van der Waals surface area (Å²) >= 11 is 2.02. The van der Waals surface area contributed by atoms with Crippen LogP contribution in [0.1, 0.15) is 6.42 Å². The van der Waals surface area contributed by atoms with E-state index in [9.17, 15) is 4.39 Å². The Morgan fingerprint density at radius 2 is 2.14 bits per heavy atom. The van der Waals surface area contributed by atoms with Crippen molar-refractivity contribution in [3.8, 4) is 0 Å². The lowest BCUT2D eigenvalue weighted by molar-refractivity contribution is 0.625. The number of benzene rings is 1. The van der Waals surface area contributed by atoms with Crippen molar-refractivity contribution in [2.45, 2.75) is 6.42 Å². The van der Waals surface area contributed by atoms with E-state index in [-0.39, 0.29) is 5.82 Å². The molecule has 0 spiro atoms. The third-order valence-corrected chi connectivity index (χ3v) is 3.69. The first kappa shape index (κ1) is 9.84. The molecule has 1 aliphatic rings. The first-order chi connectivity index (χ1) is 6.84. The van der Waals surface area contributed by atoms with Gasteiger partial charge in [0.05, 0.1) is 0 Å². The highest BCUT2D eigenvalue weighted by Gasteiger charge is 2.14. The molecule has 1 aliphatic heterocycles. The van der Waals surface area contributed by atoms with Crippen molar-refractivity contribution >= 4 is 17.4 Å². The van der Waals surface area contributed by atoms with Gasteiger partial charge in [0.2, 0.25) is 0 Å². The van der Waals surface area contributed by atoms with Gasteiger partial charge in [-0.05, 0) is 48.1 Å². The lowest BCUT2D eigenvalue weighted by Gasteiger charge is -2.10. The fourth-order valence-electron chi connectivity index (χ4n) is 1.57. The number of anilines is 1. The van der Waals surface area contributed by atoms with Crippen molar-refractivity contribution < 1.29 is 4.39 Å². The molecule has 1 fully saturated rings. The van der Waals surface area contributed by atoms with Crippen molar-refractivity contribution in [2.75, 3.05) is 23.4 Å². The highest BCUT2D eigenvalue weighted by molar-refractivity contribution is 7.99. The number of hydrogen-bond acceptors (Lipinski definition) is 2. The van der Waals surface area contributed by atoms with Crippen molar-refractivity contribution in [3.63, 3.8) is 0 Å². The fraction of sp³-hybridized carbons (Fsp3) is 0.455. The first-order valence-corrected chi connectivity index (χ1v) is 6.07. The van der Waals surface area contributed by atoms with Crippen molar-refractivity contribution in [2.24, 2.45) is 5.92 Å². The lowest BCUT2D eigenvalue weighted by Crippen LogP contribution is -2.13. The summed E-state index contributed by atoms with van der Waals surface area (Å²) in [7, 11) is 0. The molecule has 0 bridgehead atoms. The third kappa shape index (κ3) is 2.64. The van der Waals surface area contributed by atoms with Crippen LogP contribution in [0.25, 0.3) is 0 Å². The summed E-state index contributed by atoms with van der Waals surface area (Å²) in [6, 6.07) is 6.56. The van der Waals surface area contributed by atoms with Gasteiger partial charge in [0.15, 0.2) is 0 Å². The van der Waals surface area contributed by atoms with Crippen LogP contribution in [-0.4, -0.2) is 18.1 Å². The van der Waals surface area contributed by atoms with E-state index in [1.807, 2.05) is 11.8 Å². The summed E-state index contributed by atoms with van der Waals surface area (Å²) < 4.78 is 12.6. The van der Waals surface area contributed by atoms with Crippen LogP contribution in [0.2, 0.25) is 0 Å². The molecule has 1 heterocycles. The monoisotopic (exact) mass is 211 g/mol. The van der Waals surface area contributed by atoms with E-state index >= 15 is 0 Å². The molecule has 1 N–H and O–H groups in total. The van der Waals surface area contributed by atoms with E-state index in [1.54, 1.807) is 12.1 Å². The molecule has 1 aromatic carbocycles. The molecule has 76 valence electrons. The number of rotatable bonds is 3. The Balaban J connectivity index is 1.82. The van der Waals surface area contributed by atoms with E-state index < -0.39 is 0 Å². The summed E-state index contributed by atoms with van der Waals surface area (Å²) in [5.74, 6) is 3.15. The second-order valence-corrected chi connectivity index (χ2v) is 4.77. The molecular formula is C11H14FNS. The van der Waals surface area contributed by atoms with Crippen molar-refractivity contribution in [1.82, 2.24) is 0 Å². The van der Waals surface area contributed by atoms with Crippen LogP contribution in [0.5, 0.6) is 0 Å². The molecule has 1 aromatic rings. The van der Waals surface area contributed by atoms with Gasteiger partial charge in [-0.2, -0.15) is 11.8 Å². The predicted octanol–water partition coefficient (Wildman–Crippen LogP) is 2.99. The Labute approximate surface area is 88.1 Å². The molecule has 1 unspecified atom stereocenters. The number of nitrogens with one attached hydrogen (secondary N) is 1. The summed E-state index contributed by atoms with van der Waals surface area (Å²) in [6.07, 6.45) is 1.30. The van der Waals surface area contributed by atoms with E-state index in [1.165, 1.54) is 30.1 Å². The Bertz CT molecular complexity index is 280. The SMILES string of the molecule is Fc1ccc(NCC2CCSC2)cc1. The molecule has 0 radical (unpaired) electrons. The highest BCUT2D eigenvalue weighted by Crippen LogP contribution is 2.23. The molecule has 1 saturated heterocycles. The molecular weight excluding hydrogens is 197 g/mol. The van der Waals surface area contributed by atoms with E-state index in [2.05, 4.69) is 5.32 Å². The number of hydrogen-bond donors (Lipinski definition) is 1. The molecule has 0 aromatic heterocycles. The van der Waals surface area contributed by atoms with Crippen LogP contribution in [0, 0.1) is 11.7 Å². The molecule has 2 rings (SSSR count). The van der Waals surface area contributed by atoms with E-state index in [4.69, 9.17) is 0 Å². The number of thioether (sulfide) groups is 1. The number of halogens is 1. The zero-order valence-electron chi connectivity index (χ0n) is 8.00. The standard InChI is InChI=1S/C11H14FNS/c12-10-1-3-11(4-2-10)13-7-9-5-6-14-8-9/h1-4,9,13H,5-8H2. The Kier molecular flexibility index (Phi) is 3.30. The second-order valence-electron chi connectivity index (χ2n) is 3.62. The average Bonchev–Trinajstić information content (AvgIpc) is 2.70. The maximum Gasteiger partial charge on any atom is 0.123 e. The van der Waals surface area contributed by atoms with Crippen molar-refractivity contribution in [3.05, 3.63) is 30.1 Å². The largest absolute Gasteiger partial charge is 0.385 e. The van der Waals surface area contributed by atoms with Crippen LogP contribution in [-0.2, 0) is 0 Å². The molecule has 3 heteroatoms. The maximum absolute atomic E-state index is 12.6. The van der Waals surface area contributed by atoms with Gasteiger partial charge in [0.25, 0.3) is 0 Å². The predicted molar refractivity (Wildman–Crippen MR) is 60.3 cm³/mol.